The van der Waals surface area contributed by atoms with Gasteiger partial charge in [-0.3, -0.25) is 4.79 Å². The van der Waals surface area contributed by atoms with Crippen LogP contribution in [0, 0.1) is 10.1 Å². The minimum absolute atomic E-state index is 0.0140. The molecule has 0 saturated carbocycles. The van der Waals surface area contributed by atoms with E-state index in [1.54, 1.807) is 24.3 Å². The van der Waals surface area contributed by atoms with Crippen LogP contribution in [0.25, 0.3) is 0 Å². The number of anilines is 1. The van der Waals surface area contributed by atoms with Crippen LogP contribution >= 0.6 is 0 Å². The molecular weight excluding hydrogens is 466 g/mol. The van der Waals surface area contributed by atoms with Crippen LogP contribution in [0.3, 0.4) is 0 Å². The van der Waals surface area contributed by atoms with E-state index in [2.05, 4.69) is 10.4 Å². The normalized spacial score (nSPS) is 14.5. The summed E-state index contributed by atoms with van der Waals surface area (Å²) in [6.07, 6.45) is 1.30. The summed E-state index contributed by atoms with van der Waals surface area (Å²) >= 11 is 0. The number of para-hydroxylation sites is 1. The van der Waals surface area contributed by atoms with E-state index in [9.17, 15) is 23.3 Å². The number of rotatable bonds is 8. The number of sulfonamides is 1. The van der Waals surface area contributed by atoms with Gasteiger partial charge in [0.1, 0.15) is 12.3 Å². The van der Waals surface area contributed by atoms with Gasteiger partial charge in [-0.1, -0.05) is 18.2 Å². The van der Waals surface area contributed by atoms with Gasteiger partial charge in [0.25, 0.3) is 0 Å². The van der Waals surface area contributed by atoms with Crippen molar-refractivity contribution >= 4 is 27.4 Å². The van der Waals surface area contributed by atoms with Gasteiger partial charge >= 0.3 is 5.82 Å². The average molecular weight is 487 g/mol. The molecule has 178 valence electrons. The van der Waals surface area contributed by atoms with Crippen molar-refractivity contribution in [3.8, 4) is 11.5 Å². The summed E-state index contributed by atoms with van der Waals surface area (Å²) in [4.78, 5) is 22.8. The molecular formula is C21H21N5O7S. The Balaban J connectivity index is 1.61. The fourth-order valence-corrected chi connectivity index (χ4v) is 4.72. The van der Waals surface area contributed by atoms with E-state index >= 15 is 0 Å². The van der Waals surface area contributed by atoms with Crippen molar-refractivity contribution in [2.45, 2.75) is 11.4 Å². The molecule has 0 spiro atoms. The van der Waals surface area contributed by atoms with Crippen molar-refractivity contribution in [2.24, 2.45) is 0 Å². The fraction of sp³-hybridized carbons (Fsp3) is 0.238. The van der Waals surface area contributed by atoms with E-state index in [-0.39, 0.29) is 41.8 Å². The van der Waals surface area contributed by atoms with E-state index in [0.29, 0.717) is 19.0 Å². The molecule has 1 aromatic heterocycles. The van der Waals surface area contributed by atoms with Gasteiger partial charge in [-0.2, -0.15) is 8.99 Å². The van der Waals surface area contributed by atoms with Crippen LogP contribution in [-0.4, -0.2) is 59.6 Å². The highest BCUT2D eigenvalue weighted by Gasteiger charge is 2.27. The summed E-state index contributed by atoms with van der Waals surface area (Å²) in [6.45, 7) is 0.732. The Morgan fingerprint density at radius 3 is 2.56 bits per heavy atom. The molecule has 12 nitrogen and oxygen atoms in total. The average Bonchev–Trinajstić information content (AvgIpc) is 3.30. The third-order valence-electron chi connectivity index (χ3n) is 4.92. The smallest absolute Gasteiger partial charge is 0.389 e. The Morgan fingerprint density at radius 2 is 1.88 bits per heavy atom. The molecule has 1 amide bonds. The van der Waals surface area contributed by atoms with Crippen LogP contribution in [-0.2, 0) is 26.1 Å². The third-order valence-corrected chi connectivity index (χ3v) is 6.82. The van der Waals surface area contributed by atoms with Gasteiger partial charge in [0, 0.05) is 13.1 Å². The first kappa shape index (κ1) is 23.4. The van der Waals surface area contributed by atoms with Crippen LogP contribution in [0.5, 0.6) is 11.5 Å². The molecule has 0 unspecified atom stereocenters. The largest absolute Gasteiger partial charge is 0.455 e. The molecule has 1 saturated heterocycles. The number of carbonyl (C=O) groups is 1. The van der Waals surface area contributed by atoms with Crippen LogP contribution in [0.1, 0.15) is 0 Å². The number of nitro groups is 1. The number of benzene rings is 2. The predicted octanol–water partition coefficient (Wildman–Crippen LogP) is 2.24. The zero-order chi connectivity index (χ0) is 24.1. The van der Waals surface area contributed by atoms with Gasteiger partial charge in [-0.15, -0.1) is 0 Å². The third kappa shape index (κ3) is 5.39. The number of nitrogens with zero attached hydrogens (tertiary/aromatic N) is 4. The number of ether oxygens (including phenoxy) is 2. The summed E-state index contributed by atoms with van der Waals surface area (Å²) < 4.78 is 39.7. The number of morpholine rings is 1. The number of aromatic nitrogens is 2. The molecule has 13 heteroatoms. The molecule has 1 aliphatic rings. The molecule has 0 aliphatic carbocycles. The van der Waals surface area contributed by atoms with Crippen molar-refractivity contribution in [3.05, 3.63) is 70.9 Å². The lowest BCUT2D eigenvalue weighted by atomic mass is 10.2. The number of carbonyl (C=O) groups excluding carboxylic acids is 1. The molecule has 4 rings (SSSR count). The van der Waals surface area contributed by atoms with Crippen LogP contribution in [0.4, 0.5) is 11.5 Å². The minimum Gasteiger partial charge on any atom is -0.455 e. The second kappa shape index (κ2) is 9.99. The highest BCUT2D eigenvalue weighted by atomic mass is 32.2. The van der Waals surface area contributed by atoms with Crippen LogP contribution < -0.4 is 10.1 Å². The van der Waals surface area contributed by atoms with Gasteiger partial charge in [0.2, 0.25) is 15.9 Å². The second-order valence-corrected chi connectivity index (χ2v) is 9.20. The minimum atomic E-state index is -3.82. The number of hydrogen-bond acceptors (Lipinski definition) is 8. The standard InChI is InChI=1S/C21H21N5O7S/c27-21(15-24-9-8-20(23-24)26(28)29)22-18-14-17(34(30,31)25-10-12-32-13-11-25)6-7-19(18)33-16-4-2-1-3-5-16/h1-9,14H,10-13,15H2,(H,22,27). The maximum atomic E-state index is 13.1. The van der Waals surface area contributed by atoms with Crippen molar-refractivity contribution in [1.82, 2.24) is 14.1 Å². The summed E-state index contributed by atoms with van der Waals surface area (Å²) in [6, 6.07) is 14.2. The zero-order valence-electron chi connectivity index (χ0n) is 17.9. The Bertz CT molecular complexity index is 1290. The first-order valence-corrected chi connectivity index (χ1v) is 11.7. The maximum Gasteiger partial charge on any atom is 0.389 e. The van der Waals surface area contributed by atoms with Gasteiger partial charge in [0.05, 0.1) is 41.2 Å². The lowest BCUT2D eigenvalue weighted by molar-refractivity contribution is -0.389. The Kier molecular flexibility index (Phi) is 6.86. The lowest BCUT2D eigenvalue weighted by Gasteiger charge is -2.26. The molecule has 1 N–H and O–H groups in total. The van der Waals surface area contributed by atoms with E-state index in [0.717, 1.165) is 4.68 Å². The Labute approximate surface area is 194 Å². The highest BCUT2D eigenvalue weighted by molar-refractivity contribution is 7.89. The van der Waals surface area contributed by atoms with Gasteiger partial charge in [-0.05, 0) is 35.3 Å². The van der Waals surface area contributed by atoms with Gasteiger partial charge < -0.3 is 24.9 Å². The molecule has 0 atom stereocenters. The zero-order valence-corrected chi connectivity index (χ0v) is 18.7. The molecule has 1 aliphatic heterocycles. The number of hydrogen-bond donors (Lipinski definition) is 1. The Morgan fingerprint density at radius 1 is 1.15 bits per heavy atom. The van der Waals surface area contributed by atoms with Crippen LogP contribution in [0.2, 0.25) is 0 Å². The maximum absolute atomic E-state index is 13.1. The van der Waals surface area contributed by atoms with Crippen LogP contribution in [0.15, 0.2) is 65.7 Å². The monoisotopic (exact) mass is 487 g/mol. The lowest BCUT2D eigenvalue weighted by Crippen LogP contribution is -2.40. The second-order valence-electron chi connectivity index (χ2n) is 7.27. The molecule has 3 aromatic rings. The summed E-state index contributed by atoms with van der Waals surface area (Å²) in [5.41, 5.74) is 0.129. The quantitative estimate of drug-likeness (QED) is 0.376. The van der Waals surface area contributed by atoms with E-state index in [1.807, 2.05) is 6.07 Å². The highest BCUT2D eigenvalue weighted by Crippen LogP contribution is 2.33. The van der Waals surface area contributed by atoms with Crippen molar-refractivity contribution in [2.75, 3.05) is 31.6 Å². The molecule has 2 aromatic carbocycles. The number of amides is 1. The van der Waals surface area contributed by atoms with Crippen molar-refractivity contribution in [3.63, 3.8) is 0 Å². The van der Waals surface area contributed by atoms with E-state index in [1.165, 1.54) is 34.8 Å². The molecule has 0 bridgehead atoms. The summed E-state index contributed by atoms with van der Waals surface area (Å²) in [5, 5.41) is 17.2. The van der Waals surface area contributed by atoms with E-state index in [4.69, 9.17) is 9.47 Å². The molecule has 34 heavy (non-hydrogen) atoms. The first-order valence-electron chi connectivity index (χ1n) is 10.3. The molecule has 1 fully saturated rings. The van der Waals surface area contributed by atoms with Crippen molar-refractivity contribution in [1.29, 1.82) is 0 Å². The molecule has 0 radical (unpaired) electrons. The van der Waals surface area contributed by atoms with E-state index < -0.39 is 20.9 Å². The molecule has 2 heterocycles. The summed E-state index contributed by atoms with van der Waals surface area (Å²) in [7, 11) is -3.82. The topological polar surface area (TPSA) is 146 Å². The van der Waals surface area contributed by atoms with Gasteiger partial charge in [-0.25, -0.2) is 8.42 Å². The number of nitrogens with one attached hydrogen (secondary N) is 1. The SMILES string of the molecule is O=C(Cn1ccc([N+](=O)[O-])n1)Nc1cc(S(=O)(=O)N2CCOCC2)ccc1Oc1ccccc1. The Hall–Kier alpha value is -3.81. The fourth-order valence-electron chi connectivity index (χ4n) is 3.28. The first-order chi connectivity index (χ1) is 16.3. The van der Waals surface area contributed by atoms with Gasteiger partial charge in [0.15, 0.2) is 5.75 Å². The predicted molar refractivity (Wildman–Crippen MR) is 120 cm³/mol. The van der Waals surface area contributed by atoms with Crippen molar-refractivity contribution < 1.29 is 27.6 Å². The summed E-state index contributed by atoms with van der Waals surface area (Å²) in [5.74, 6) is -0.243.